The third kappa shape index (κ3) is 1.16. The lowest BCUT2D eigenvalue weighted by Crippen LogP contribution is -2.05. The van der Waals surface area contributed by atoms with Gasteiger partial charge in [0.1, 0.15) is 0 Å². The van der Waals surface area contributed by atoms with Crippen LogP contribution in [0.15, 0.2) is 47.4 Å². The van der Waals surface area contributed by atoms with Gasteiger partial charge in [0.15, 0.2) is 5.43 Å². The van der Waals surface area contributed by atoms with Crippen molar-refractivity contribution in [3.05, 3.63) is 58.4 Å². The zero-order valence-electron chi connectivity index (χ0n) is 8.95. The zero-order valence-corrected chi connectivity index (χ0v) is 8.95. The van der Waals surface area contributed by atoms with E-state index in [4.69, 9.17) is 0 Å². The minimum Gasteiger partial charge on any atom is -0.361 e. The van der Waals surface area contributed by atoms with E-state index in [-0.39, 0.29) is 5.43 Å². The van der Waals surface area contributed by atoms with Crippen molar-refractivity contribution in [3.63, 3.8) is 0 Å². The maximum Gasteiger partial charge on any atom is 0.191 e. The van der Waals surface area contributed by atoms with Crippen LogP contribution in [0.25, 0.3) is 21.7 Å². The second-order valence-electron chi connectivity index (χ2n) is 4.01. The average Bonchev–Trinajstić information content (AvgIpc) is 2.33. The van der Waals surface area contributed by atoms with E-state index >= 15 is 0 Å². The van der Waals surface area contributed by atoms with Gasteiger partial charge in [-0.25, -0.2) is 0 Å². The summed E-state index contributed by atoms with van der Waals surface area (Å²) in [6, 6.07) is 11.8. The standard InChI is InChI=1S/C14H11NO/c1-9-4-5-10-6-7-11-3-2-8-15-13(11)12(10)14(9)16/h2-8,15H,1H3. The second-order valence-corrected chi connectivity index (χ2v) is 4.01. The predicted molar refractivity (Wildman–Crippen MR) is 66.8 cm³/mol. The van der Waals surface area contributed by atoms with Gasteiger partial charge in [-0.05, 0) is 29.3 Å². The van der Waals surface area contributed by atoms with Crippen LogP contribution in [0.4, 0.5) is 0 Å². The number of aromatic nitrogens is 1. The minimum absolute atomic E-state index is 0.116. The first-order valence-corrected chi connectivity index (χ1v) is 5.27. The van der Waals surface area contributed by atoms with Gasteiger partial charge in [0.2, 0.25) is 0 Å². The van der Waals surface area contributed by atoms with E-state index in [1.165, 1.54) is 0 Å². The van der Waals surface area contributed by atoms with Crippen molar-refractivity contribution in [3.8, 4) is 0 Å². The van der Waals surface area contributed by atoms with E-state index in [1.54, 1.807) is 0 Å². The van der Waals surface area contributed by atoms with E-state index in [9.17, 15) is 4.79 Å². The summed E-state index contributed by atoms with van der Waals surface area (Å²) >= 11 is 0. The molecular formula is C14H11NO. The molecule has 0 aliphatic rings. The van der Waals surface area contributed by atoms with E-state index in [0.717, 1.165) is 27.2 Å². The Kier molecular flexibility index (Phi) is 1.83. The van der Waals surface area contributed by atoms with Crippen LogP contribution in [0, 0.1) is 6.92 Å². The van der Waals surface area contributed by atoms with Crippen molar-refractivity contribution < 1.29 is 0 Å². The zero-order chi connectivity index (χ0) is 11.1. The summed E-state index contributed by atoms with van der Waals surface area (Å²) in [5.41, 5.74) is 1.83. The van der Waals surface area contributed by atoms with Gasteiger partial charge in [-0.3, -0.25) is 4.79 Å². The van der Waals surface area contributed by atoms with Crippen molar-refractivity contribution in [2.45, 2.75) is 6.92 Å². The minimum atomic E-state index is 0.116. The Morgan fingerprint density at radius 2 is 1.75 bits per heavy atom. The molecule has 0 bridgehead atoms. The lowest BCUT2D eigenvalue weighted by Gasteiger charge is -2.03. The fourth-order valence-corrected chi connectivity index (χ4v) is 2.08. The van der Waals surface area contributed by atoms with Crippen LogP contribution >= 0.6 is 0 Å². The van der Waals surface area contributed by atoms with Crippen LogP contribution in [-0.2, 0) is 0 Å². The van der Waals surface area contributed by atoms with Crippen molar-refractivity contribution >= 4 is 21.7 Å². The molecule has 3 rings (SSSR count). The number of hydrogen-bond donors (Lipinski definition) is 1. The van der Waals surface area contributed by atoms with Gasteiger partial charge in [0, 0.05) is 6.20 Å². The topological polar surface area (TPSA) is 32.9 Å². The highest BCUT2D eigenvalue weighted by Gasteiger charge is 2.05. The van der Waals surface area contributed by atoms with Gasteiger partial charge in [-0.2, -0.15) is 0 Å². The van der Waals surface area contributed by atoms with Crippen LogP contribution in [0.1, 0.15) is 5.56 Å². The van der Waals surface area contributed by atoms with Gasteiger partial charge in [0.25, 0.3) is 0 Å². The molecule has 1 aromatic heterocycles. The fraction of sp³-hybridized carbons (Fsp3) is 0.0714. The summed E-state index contributed by atoms with van der Waals surface area (Å²) in [6.45, 7) is 1.85. The van der Waals surface area contributed by atoms with E-state index in [1.807, 2.05) is 49.5 Å². The molecule has 0 radical (unpaired) electrons. The van der Waals surface area contributed by atoms with Crippen LogP contribution in [-0.4, -0.2) is 4.98 Å². The summed E-state index contributed by atoms with van der Waals surface area (Å²) < 4.78 is 0. The predicted octanol–water partition coefficient (Wildman–Crippen LogP) is 2.99. The third-order valence-electron chi connectivity index (χ3n) is 2.97. The lowest BCUT2D eigenvalue weighted by atomic mass is 10.0. The van der Waals surface area contributed by atoms with Crippen molar-refractivity contribution in [1.82, 2.24) is 4.98 Å². The Balaban J connectivity index is 2.69. The maximum atomic E-state index is 12.1. The average molecular weight is 209 g/mol. The maximum absolute atomic E-state index is 12.1. The summed E-state index contributed by atoms with van der Waals surface area (Å²) in [4.78, 5) is 15.3. The first-order valence-electron chi connectivity index (χ1n) is 5.27. The Morgan fingerprint density at radius 1 is 1.00 bits per heavy atom. The molecule has 0 aliphatic heterocycles. The number of H-pyrrole nitrogens is 1. The van der Waals surface area contributed by atoms with Gasteiger partial charge in [0.05, 0.1) is 10.9 Å². The Labute approximate surface area is 92.5 Å². The molecule has 0 unspecified atom stereocenters. The molecule has 2 heteroatoms. The molecule has 0 atom stereocenters. The Morgan fingerprint density at radius 3 is 2.62 bits per heavy atom. The van der Waals surface area contributed by atoms with Crippen LogP contribution in [0.3, 0.4) is 0 Å². The normalized spacial score (nSPS) is 11.1. The van der Waals surface area contributed by atoms with E-state index in [2.05, 4.69) is 4.98 Å². The number of nitrogens with one attached hydrogen (secondary N) is 1. The smallest absolute Gasteiger partial charge is 0.191 e. The first kappa shape index (κ1) is 9.16. The lowest BCUT2D eigenvalue weighted by molar-refractivity contribution is 1.40. The number of aromatic amines is 1. The van der Waals surface area contributed by atoms with Gasteiger partial charge >= 0.3 is 0 Å². The highest BCUT2D eigenvalue weighted by atomic mass is 16.1. The van der Waals surface area contributed by atoms with Gasteiger partial charge in [-0.15, -0.1) is 0 Å². The Hall–Kier alpha value is -2.09. The van der Waals surface area contributed by atoms with E-state index in [0.29, 0.717) is 0 Å². The number of fused-ring (bicyclic) bond motifs is 3. The molecule has 16 heavy (non-hydrogen) atoms. The molecule has 2 aromatic carbocycles. The highest BCUT2D eigenvalue weighted by Crippen LogP contribution is 2.20. The molecule has 0 fully saturated rings. The van der Waals surface area contributed by atoms with Crippen molar-refractivity contribution in [1.29, 1.82) is 0 Å². The largest absolute Gasteiger partial charge is 0.361 e. The molecular weight excluding hydrogens is 198 g/mol. The SMILES string of the molecule is Cc1ccc2ccc3ccc[nH]c3c2c1=O. The molecule has 0 aliphatic carbocycles. The summed E-state index contributed by atoms with van der Waals surface area (Å²) in [7, 11) is 0. The molecule has 3 aromatic rings. The van der Waals surface area contributed by atoms with Crippen LogP contribution < -0.4 is 5.43 Å². The molecule has 0 amide bonds. The number of hydrogen-bond acceptors (Lipinski definition) is 1. The number of aryl methyl sites for hydroxylation is 1. The molecule has 78 valence electrons. The number of rotatable bonds is 0. The molecule has 1 N–H and O–H groups in total. The molecule has 2 nitrogen and oxygen atoms in total. The van der Waals surface area contributed by atoms with Crippen LogP contribution in [0.5, 0.6) is 0 Å². The highest BCUT2D eigenvalue weighted by molar-refractivity contribution is 6.05. The van der Waals surface area contributed by atoms with Crippen molar-refractivity contribution in [2.24, 2.45) is 0 Å². The Bertz CT molecular complexity index is 740. The number of benzene rings is 2. The monoisotopic (exact) mass is 209 g/mol. The fourth-order valence-electron chi connectivity index (χ4n) is 2.08. The quantitative estimate of drug-likeness (QED) is 0.567. The van der Waals surface area contributed by atoms with Gasteiger partial charge in [-0.1, -0.05) is 30.3 Å². The van der Waals surface area contributed by atoms with E-state index < -0.39 is 0 Å². The molecule has 0 saturated heterocycles. The second kappa shape index (κ2) is 3.20. The molecule has 0 spiro atoms. The van der Waals surface area contributed by atoms with Gasteiger partial charge < -0.3 is 4.98 Å². The third-order valence-corrected chi connectivity index (χ3v) is 2.97. The summed E-state index contributed by atoms with van der Waals surface area (Å²) in [6.07, 6.45) is 1.85. The van der Waals surface area contributed by atoms with Crippen molar-refractivity contribution in [2.75, 3.05) is 0 Å². The number of pyridine rings is 1. The summed E-state index contributed by atoms with van der Waals surface area (Å²) in [5, 5.41) is 2.85. The summed E-state index contributed by atoms with van der Waals surface area (Å²) in [5.74, 6) is 0. The first-order chi connectivity index (χ1) is 7.77. The van der Waals surface area contributed by atoms with Crippen LogP contribution in [0.2, 0.25) is 0 Å². The molecule has 0 saturated carbocycles. The molecule has 1 heterocycles.